The van der Waals surface area contributed by atoms with Crippen LogP contribution >= 0.6 is 23.2 Å². The predicted molar refractivity (Wildman–Crippen MR) is 82.9 cm³/mol. The Morgan fingerprint density at radius 3 is 2.65 bits per heavy atom. The van der Waals surface area contributed by atoms with Gasteiger partial charge < -0.3 is 10.3 Å². The summed E-state index contributed by atoms with van der Waals surface area (Å²) in [5, 5.41) is 1.10. The van der Waals surface area contributed by atoms with Gasteiger partial charge in [0.25, 0.3) is 0 Å². The van der Waals surface area contributed by atoms with Crippen LogP contribution in [0.1, 0.15) is 17.4 Å². The standard InChI is InChI=1S/C14H18Cl2N4/c1-19-6-5-18-14(19)9-20(2)13(8-17)10-3-4-11(15)12(16)7-10/h3-7,13H,8-9,17H2,1-2H3. The lowest BCUT2D eigenvalue weighted by molar-refractivity contribution is 0.234. The molecule has 20 heavy (non-hydrogen) atoms. The van der Waals surface area contributed by atoms with Gasteiger partial charge in [-0.15, -0.1) is 0 Å². The zero-order valence-corrected chi connectivity index (χ0v) is 13.1. The normalized spacial score (nSPS) is 12.9. The van der Waals surface area contributed by atoms with E-state index in [0.29, 0.717) is 23.1 Å². The van der Waals surface area contributed by atoms with Crippen molar-refractivity contribution in [2.24, 2.45) is 12.8 Å². The highest BCUT2D eigenvalue weighted by molar-refractivity contribution is 6.42. The molecule has 0 saturated heterocycles. The van der Waals surface area contributed by atoms with Crippen molar-refractivity contribution in [3.8, 4) is 0 Å². The predicted octanol–water partition coefficient (Wildman–Crippen LogP) is 2.86. The number of imidazole rings is 1. The first kappa shape index (κ1) is 15.3. The minimum absolute atomic E-state index is 0.0708. The van der Waals surface area contributed by atoms with Gasteiger partial charge in [0.1, 0.15) is 5.82 Å². The van der Waals surface area contributed by atoms with Gasteiger partial charge in [0.15, 0.2) is 0 Å². The zero-order chi connectivity index (χ0) is 14.7. The molecular formula is C14H18Cl2N4. The van der Waals surface area contributed by atoms with Crippen LogP contribution in [0, 0.1) is 0 Å². The fourth-order valence-electron chi connectivity index (χ4n) is 2.17. The summed E-state index contributed by atoms with van der Waals surface area (Å²) in [5.41, 5.74) is 6.97. The van der Waals surface area contributed by atoms with Crippen molar-refractivity contribution in [1.29, 1.82) is 0 Å². The summed E-state index contributed by atoms with van der Waals surface area (Å²) >= 11 is 12.0. The summed E-state index contributed by atoms with van der Waals surface area (Å²) in [6.07, 6.45) is 3.72. The topological polar surface area (TPSA) is 47.1 Å². The number of benzene rings is 1. The number of halogens is 2. The average Bonchev–Trinajstić information content (AvgIpc) is 2.80. The first-order valence-corrected chi connectivity index (χ1v) is 7.10. The van der Waals surface area contributed by atoms with Gasteiger partial charge in [-0.25, -0.2) is 4.98 Å². The Hall–Kier alpha value is -1.07. The van der Waals surface area contributed by atoms with E-state index in [1.165, 1.54) is 0 Å². The number of rotatable bonds is 5. The van der Waals surface area contributed by atoms with Gasteiger partial charge in [-0.3, -0.25) is 4.90 Å². The molecule has 0 radical (unpaired) electrons. The fourth-order valence-corrected chi connectivity index (χ4v) is 2.48. The Bertz CT molecular complexity index is 582. The van der Waals surface area contributed by atoms with Gasteiger partial charge >= 0.3 is 0 Å². The van der Waals surface area contributed by atoms with Crippen LogP contribution in [-0.4, -0.2) is 28.0 Å². The van der Waals surface area contributed by atoms with E-state index in [9.17, 15) is 0 Å². The van der Waals surface area contributed by atoms with Crippen LogP contribution in [0.2, 0.25) is 10.0 Å². The van der Waals surface area contributed by atoms with E-state index in [1.54, 1.807) is 12.3 Å². The van der Waals surface area contributed by atoms with Crippen molar-refractivity contribution in [3.05, 3.63) is 52.0 Å². The van der Waals surface area contributed by atoms with E-state index >= 15 is 0 Å². The molecule has 1 unspecified atom stereocenters. The van der Waals surface area contributed by atoms with Crippen LogP contribution in [-0.2, 0) is 13.6 Å². The third kappa shape index (κ3) is 3.33. The Morgan fingerprint density at radius 1 is 1.35 bits per heavy atom. The number of nitrogens with two attached hydrogens (primary N) is 1. The van der Waals surface area contributed by atoms with Gasteiger partial charge in [-0.2, -0.15) is 0 Å². The van der Waals surface area contributed by atoms with Crippen molar-refractivity contribution < 1.29 is 0 Å². The van der Waals surface area contributed by atoms with Crippen molar-refractivity contribution in [3.63, 3.8) is 0 Å². The monoisotopic (exact) mass is 312 g/mol. The Morgan fingerprint density at radius 2 is 2.10 bits per heavy atom. The first-order valence-electron chi connectivity index (χ1n) is 6.34. The molecule has 1 aromatic heterocycles. The number of likely N-dealkylation sites (N-methyl/N-ethyl adjacent to an activating group) is 1. The van der Waals surface area contributed by atoms with Gasteiger partial charge in [0.05, 0.1) is 16.6 Å². The largest absolute Gasteiger partial charge is 0.337 e. The van der Waals surface area contributed by atoms with E-state index in [0.717, 1.165) is 11.4 Å². The lowest BCUT2D eigenvalue weighted by atomic mass is 10.1. The fraction of sp³-hybridized carbons (Fsp3) is 0.357. The smallest absolute Gasteiger partial charge is 0.122 e. The molecule has 0 aliphatic rings. The minimum Gasteiger partial charge on any atom is -0.337 e. The molecule has 1 atom stereocenters. The van der Waals surface area contributed by atoms with Crippen LogP contribution in [0.25, 0.3) is 0 Å². The Labute approximate surface area is 129 Å². The Kier molecular flexibility index (Phi) is 5.05. The van der Waals surface area contributed by atoms with E-state index in [4.69, 9.17) is 28.9 Å². The number of aryl methyl sites for hydroxylation is 1. The summed E-state index contributed by atoms with van der Waals surface area (Å²) < 4.78 is 2.00. The van der Waals surface area contributed by atoms with Gasteiger partial charge in [-0.05, 0) is 24.7 Å². The third-order valence-corrected chi connectivity index (χ3v) is 4.13. The molecule has 0 spiro atoms. The average molecular weight is 313 g/mol. The molecule has 1 aromatic carbocycles. The molecule has 1 heterocycles. The number of hydrogen-bond acceptors (Lipinski definition) is 3. The molecule has 2 rings (SSSR count). The van der Waals surface area contributed by atoms with Crippen molar-refractivity contribution in [2.75, 3.05) is 13.6 Å². The van der Waals surface area contributed by atoms with E-state index in [2.05, 4.69) is 9.88 Å². The third-order valence-electron chi connectivity index (χ3n) is 3.40. The Balaban J connectivity index is 2.18. The quantitative estimate of drug-likeness (QED) is 0.923. The maximum Gasteiger partial charge on any atom is 0.122 e. The van der Waals surface area contributed by atoms with E-state index in [1.807, 2.05) is 37.0 Å². The molecule has 4 nitrogen and oxygen atoms in total. The van der Waals surface area contributed by atoms with Gasteiger partial charge in [-0.1, -0.05) is 29.3 Å². The van der Waals surface area contributed by atoms with Crippen LogP contribution in [0.15, 0.2) is 30.6 Å². The van der Waals surface area contributed by atoms with Crippen molar-refractivity contribution in [2.45, 2.75) is 12.6 Å². The first-order chi connectivity index (χ1) is 9.52. The summed E-state index contributed by atoms with van der Waals surface area (Å²) in [4.78, 5) is 6.49. The van der Waals surface area contributed by atoms with Crippen LogP contribution < -0.4 is 5.73 Å². The molecule has 0 aliphatic carbocycles. The van der Waals surface area contributed by atoms with Gasteiger partial charge in [0.2, 0.25) is 0 Å². The van der Waals surface area contributed by atoms with E-state index < -0.39 is 0 Å². The van der Waals surface area contributed by atoms with Crippen molar-refractivity contribution in [1.82, 2.24) is 14.5 Å². The molecule has 2 N–H and O–H groups in total. The molecule has 6 heteroatoms. The van der Waals surface area contributed by atoms with Gasteiger partial charge in [0, 0.05) is 32.0 Å². The number of nitrogens with zero attached hydrogens (tertiary/aromatic N) is 3. The summed E-state index contributed by atoms with van der Waals surface area (Å²) in [5.74, 6) is 0.992. The second kappa shape index (κ2) is 6.59. The summed E-state index contributed by atoms with van der Waals surface area (Å²) in [6, 6.07) is 5.70. The molecular weight excluding hydrogens is 295 g/mol. The molecule has 0 amide bonds. The SMILES string of the molecule is CN(Cc1nccn1C)C(CN)c1ccc(Cl)c(Cl)c1. The van der Waals surface area contributed by atoms with Crippen LogP contribution in [0.3, 0.4) is 0 Å². The summed E-state index contributed by atoms with van der Waals surface area (Å²) in [6.45, 7) is 1.21. The molecule has 0 bridgehead atoms. The lowest BCUT2D eigenvalue weighted by Gasteiger charge is -2.27. The molecule has 108 valence electrons. The van der Waals surface area contributed by atoms with Crippen LogP contribution in [0.4, 0.5) is 0 Å². The number of hydrogen-bond donors (Lipinski definition) is 1. The molecule has 0 fully saturated rings. The highest BCUT2D eigenvalue weighted by atomic mass is 35.5. The van der Waals surface area contributed by atoms with Crippen molar-refractivity contribution >= 4 is 23.2 Å². The second-order valence-corrected chi connectivity index (χ2v) is 5.61. The van der Waals surface area contributed by atoms with Crippen LogP contribution in [0.5, 0.6) is 0 Å². The maximum atomic E-state index is 6.08. The zero-order valence-electron chi connectivity index (χ0n) is 11.6. The summed E-state index contributed by atoms with van der Waals surface area (Å²) in [7, 11) is 4.00. The van der Waals surface area contributed by atoms with E-state index in [-0.39, 0.29) is 6.04 Å². The number of aromatic nitrogens is 2. The highest BCUT2D eigenvalue weighted by Crippen LogP contribution is 2.28. The molecule has 0 aliphatic heterocycles. The molecule has 2 aromatic rings. The second-order valence-electron chi connectivity index (χ2n) is 4.79. The molecule has 0 saturated carbocycles. The minimum atomic E-state index is 0.0708. The lowest BCUT2D eigenvalue weighted by Crippen LogP contribution is -2.31. The highest BCUT2D eigenvalue weighted by Gasteiger charge is 2.18. The maximum absolute atomic E-state index is 6.08.